The van der Waals surface area contributed by atoms with Crippen LogP contribution in [0.4, 0.5) is 0 Å². The minimum atomic E-state index is -0.858. The highest BCUT2D eigenvalue weighted by molar-refractivity contribution is 5.06. The second-order valence-electron chi connectivity index (χ2n) is 7.53. The molecule has 3 heterocycles. The smallest absolute Gasteiger partial charge is 0.272 e. The lowest BCUT2D eigenvalue weighted by Crippen LogP contribution is -2.76. The number of methoxy groups -OCH3 is 2. The lowest BCUT2D eigenvalue weighted by atomic mass is 9.82. The quantitative estimate of drug-likeness (QED) is 0.375. The maximum atomic E-state index is 10.6. The third-order valence-electron chi connectivity index (χ3n) is 5.17. The Morgan fingerprint density at radius 1 is 0.724 bits per heavy atom. The van der Waals surface area contributed by atoms with Gasteiger partial charge >= 0.3 is 0 Å². The summed E-state index contributed by atoms with van der Waals surface area (Å²) >= 11 is 0. The van der Waals surface area contributed by atoms with E-state index in [2.05, 4.69) is 0 Å². The predicted octanol–water partition coefficient (Wildman–Crippen LogP) is -0.299. The van der Waals surface area contributed by atoms with E-state index in [-0.39, 0.29) is 12.2 Å². The first-order valence-electron chi connectivity index (χ1n) is 10.1. The second-order valence-corrected chi connectivity index (χ2v) is 7.53. The Kier molecular flexibility index (Phi) is 9.05. The zero-order chi connectivity index (χ0) is 20.8. The minimum Gasteiger partial charge on any atom is -0.387 e. The molecule has 10 nitrogen and oxygen atoms in total. The van der Waals surface area contributed by atoms with E-state index in [1.165, 1.54) is 0 Å². The van der Waals surface area contributed by atoms with E-state index in [0.29, 0.717) is 39.6 Å². The molecular weight excluding hydrogens is 388 g/mol. The number of aliphatic hydroxyl groups excluding tert-OH is 1. The van der Waals surface area contributed by atoms with Gasteiger partial charge in [0.05, 0.1) is 51.8 Å². The molecule has 29 heavy (non-hydrogen) atoms. The van der Waals surface area contributed by atoms with Crippen LogP contribution in [-0.4, -0.2) is 114 Å². The van der Waals surface area contributed by atoms with Gasteiger partial charge in [0.1, 0.15) is 36.6 Å². The average molecular weight is 422 g/mol. The zero-order valence-electron chi connectivity index (χ0n) is 17.6. The van der Waals surface area contributed by atoms with Gasteiger partial charge in [-0.05, 0) is 13.8 Å². The first kappa shape index (κ1) is 23.3. The van der Waals surface area contributed by atoms with Crippen LogP contribution in [0, 0.1) is 0 Å². The molecule has 170 valence electrons. The van der Waals surface area contributed by atoms with Crippen LogP contribution in [0.2, 0.25) is 0 Å². The molecular formula is C19H34O10. The fourth-order valence-corrected chi connectivity index (χ4v) is 3.90. The van der Waals surface area contributed by atoms with Gasteiger partial charge in [0.2, 0.25) is 0 Å². The molecule has 4 aliphatic rings. The highest BCUT2D eigenvalue weighted by Crippen LogP contribution is 2.42. The first-order valence-corrected chi connectivity index (χ1v) is 10.1. The van der Waals surface area contributed by atoms with Crippen LogP contribution in [0.15, 0.2) is 0 Å². The molecule has 9 atom stereocenters. The molecule has 1 aliphatic carbocycles. The highest BCUT2D eigenvalue weighted by Gasteiger charge is 2.62. The van der Waals surface area contributed by atoms with Crippen molar-refractivity contribution in [3.05, 3.63) is 0 Å². The number of hydrogen-bond acceptors (Lipinski definition) is 10. The molecule has 10 heteroatoms. The van der Waals surface area contributed by atoms with Gasteiger partial charge < -0.3 is 47.7 Å². The summed E-state index contributed by atoms with van der Waals surface area (Å²) in [5.41, 5.74) is 0. The van der Waals surface area contributed by atoms with E-state index >= 15 is 0 Å². The van der Waals surface area contributed by atoms with Crippen LogP contribution in [-0.2, 0) is 42.6 Å². The summed E-state index contributed by atoms with van der Waals surface area (Å²) in [6.07, 6.45) is -3.28. The van der Waals surface area contributed by atoms with Gasteiger partial charge in [-0.1, -0.05) is 0 Å². The van der Waals surface area contributed by atoms with E-state index in [1.54, 1.807) is 14.2 Å². The molecule has 0 aromatic rings. The number of aliphatic hydroxyl groups is 1. The summed E-state index contributed by atoms with van der Waals surface area (Å²) in [5, 5.41) is 10.6. The largest absolute Gasteiger partial charge is 0.387 e. The molecule has 4 unspecified atom stereocenters. The molecule has 3 saturated heterocycles. The van der Waals surface area contributed by atoms with Gasteiger partial charge in [-0.25, -0.2) is 0 Å². The molecule has 4 rings (SSSR count). The molecule has 1 saturated carbocycles. The fourth-order valence-electron chi connectivity index (χ4n) is 3.90. The van der Waals surface area contributed by atoms with E-state index in [1.807, 2.05) is 13.8 Å². The van der Waals surface area contributed by atoms with Crippen molar-refractivity contribution in [2.45, 2.75) is 69.2 Å². The second kappa shape index (κ2) is 11.3. The van der Waals surface area contributed by atoms with Gasteiger partial charge in [0, 0.05) is 14.2 Å². The maximum Gasteiger partial charge on any atom is 0.272 e. The summed E-state index contributed by atoms with van der Waals surface area (Å²) in [7, 11) is 3.26. The Hall–Kier alpha value is -0.400. The molecule has 0 spiro atoms. The van der Waals surface area contributed by atoms with E-state index in [9.17, 15) is 5.11 Å². The first-order chi connectivity index (χ1) is 14.0. The summed E-state index contributed by atoms with van der Waals surface area (Å²) in [4.78, 5) is 0. The SMILES string of the molecule is COC[C@H](C)OCCOC1C2OC3O[C@@H]1C(OCCO[C@@H](C)COC)[C@@H](O3)[C@@H]2O. The topological polar surface area (TPSA) is 103 Å². The van der Waals surface area contributed by atoms with Crippen LogP contribution >= 0.6 is 0 Å². The fraction of sp³-hybridized carbons (Fsp3) is 1.00. The zero-order valence-corrected chi connectivity index (χ0v) is 17.6. The number of ether oxygens (including phenoxy) is 9. The van der Waals surface area contributed by atoms with Crippen LogP contribution in [0.25, 0.3) is 0 Å². The van der Waals surface area contributed by atoms with E-state index in [4.69, 9.17) is 42.6 Å². The summed E-state index contributed by atoms with van der Waals surface area (Å²) in [6.45, 7) is 5.57. The van der Waals surface area contributed by atoms with Crippen molar-refractivity contribution in [1.82, 2.24) is 0 Å². The molecule has 0 aromatic heterocycles. The average Bonchev–Trinajstić information content (AvgIpc) is 2.69. The van der Waals surface area contributed by atoms with Crippen molar-refractivity contribution < 1.29 is 47.7 Å². The Morgan fingerprint density at radius 3 is 1.62 bits per heavy atom. The van der Waals surface area contributed by atoms with Crippen molar-refractivity contribution in [2.24, 2.45) is 0 Å². The Bertz CT molecular complexity index is 442. The molecule has 0 amide bonds. The summed E-state index contributed by atoms with van der Waals surface area (Å²) in [5.74, 6) is 0. The van der Waals surface area contributed by atoms with Crippen molar-refractivity contribution in [2.75, 3.05) is 53.9 Å². The number of rotatable bonds is 14. The van der Waals surface area contributed by atoms with Gasteiger partial charge in [0.25, 0.3) is 6.48 Å². The molecule has 0 aromatic carbocycles. The third kappa shape index (κ3) is 5.85. The minimum absolute atomic E-state index is 0.0230. The molecule has 4 bridgehead atoms. The summed E-state index contributed by atoms with van der Waals surface area (Å²) in [6, 6.07) is 0. The van der Waals surface area contributed by atoms with Crippen molar-refractivity contribution in [3.8, 4) is 0 Å². The monoisotopic (exact) mass is 422 g/mol. The van der Waals surface area contributed by atoms with Crippen molar-refractivity contribution in [3.63, 3.8) is 0 Å². The van der Waals surface area contributed by atoms with Crippen LogP contribution < -0.4 is 0 Å². The molecule has 0 radical (unpaired) electrons. The van der Waals surface area contributed by atoms with Crippen LogP contribution in [0.5, 0.6) is 0 Å². The van der Waals surface area contributed by atoms with Crippen LogP contribution in [0.1, 0.15) is 13.8 Å². The number of hydrogen-bond donors (Lipinski definition) is 1. The molecule has 3 aliphatic heterocycles. The molecule has 4 fully saturated rings. The van der Waals surface area contributed by atoms with E-state index < -0.39 is 43.1 Å². The van der Waals surface area contributed by atoms with Gasteiger partial charge in [-0.15, -0.1) is 0 Å². The maximum absolute atomic E-state index is 10.6. The van der Waals surface area contributed by atoms with Crippen molar-refractivity contribution in [1.29, 1.82) is 0 Å². The predicted molar refractivity (Wildman–Crippen MR) is 98.5 cm³/mol. The standard InChI is InChI=1S/C19H34O10/c1-11(9-21-3)23-5-7-25-16-14-13(20)15-17(18(16)29-19(27-14)28-15)26-8-6-24-12(2)10-22-4/h11-20H,5-10H2,1-4H3/t11-,12-,13-,14-,15?,16?,17?,18+,19?/m0/s1. The van der Waals surface area contributed by atoms with E-state index in [0.717, 1.165) is 0 Å². The Labute approximate surface area is 171 Å². The third-order valence-corrected chi connectivity index (χ3v) is 5.17. The van der Waals surface area contributed by atoms with Gasteiger partial charge in [-0.3, -0.25) is 0 Å². The van der Waals surface area contributed by atoms with Gasteiger partial charge in [0.15, 0.2) is 0 Å². The highest BCUT2D eigenvalue weighted by atomic mass is 16.9. The Balaban J connectivity index is 1.48. The lowest BCUT2D eigenvalue weighted by molar-refractivity contribution is -0.486. The van der Waals surface area contributed by atoms with Gasteiger partial charge in [-0.2, -0.15) is 0 Å². The Morgan fingerprint density at radius 2 is 1.17 bits per heavy atom. The van der Waals surface area contributed by atoms with Crippen LogP contribution in [0.3, 0.4) is 0 Å². The normalized spacial score (nSPS) is 37.8. The summed E-state index contributed by atoms with van der Waals surface area (Å²) < 4.78 is 50.3. The lowest BCUT2D eigenvalue weighted by Gasteiger charge is -2.57. The van der Waals surface area contributed by atoms with Crippen molar-refractivity contribution >= 4 is 0 Å². The molecule has 1 N–H and O–H groups in total.